The van der Waals surface area contributed by atoms with Gasteiger partial charge in [0.1, 0.15) is 5.75 Å². The molecule has 0 fully saturated rings. The average Bonchev–Trinajstić information content (AvgIpc) is 2.83. The van der Waals surface area contributed by atoms with E-state index in [9.17, 15) is 4.79 Å². The number of ether oxygens (including phenoxy) is 1. The first-order valence-corrected chi connectivity index (χ1v) is 12.3. The SMILES string of the molecule is Cc1ccccc1-c1ccc(OCCCCN(C)C)c(C(=O)/C=C/c2ccccc2CN(C)C)c1. The van der Waals surface area contributed by atoms with Crippen LogP contribution in [0.2, 0.25) is 0 Å². The van der Waals surface area contributed by atoms with Crippen LogP contribution < -0.4 is 4.74 Å². The third kappa shape index (κ3) is 7.91. The number of allylic oxidation sites excluding steroid dienone is 1. The van der Waals surface area contributed by atoms with Crippen molar-refractivity contribution in [2.24, 2.45) is 0 Å². The number of benzene rings is 3. The molecule has 4 nitrogen and oxygen atoms in total. The minimum Gasteiger partial charge on any atom is -0.493 e. The fourth-order valence-corrected chi connectivity index (χ4v) is 4.06. The van der Waals surface area contributed by atoms with Crippen LogP contribution in [0.3, 0.4) is 0 Å². The first kappa shape index (κ1) is 26.4. The van der Waals surface area contributed by atoms with Gasteiger partial charge >= 0.3 is 0 Å². The number of unbranched alkanes of at least 4 members (excludes halogenated alkanes) is 1. The molecule has 0 spiro atoms. The first-order chi connectivity index (χ1) is 16.8. The topological polar surface area (TPSA) is 32.8 Å². The van der Waals surface area contributed by atoms with Crippen molar-refractivity contribution in [3.8, 4) is 16.9 Å². The van der Waals surface area contributed by atoms with Crippen molar-refractivity contribution in [2.45, 2.75) is 26.3 Å². The van der Waals surface area contributed by atoms with E-state index in [1.54, 1.807) is 6.08 Å². The van der Waals surface area contributed by atoms with Gasteiger partial charge in [0, 0.05) is 6.54 Å². The molecule has 4 heteroatoms. The Labute approximate surface area is 210 Å². The monoisotopic (exact) mass is 470 g/mol. The van der Waals surface area contributed by atoms with Crippen molar-refractivity contribution in [2.75, 3.05) is 41.3 Å². The predicted molar refractivity (Wildman–Crippen MR) is 147 cm³/mol. The van der Waals surface area contributed by atoms with E-state index in [4.69, 9.17) is 4.74 Å². The minimum atomic E-state index is -0.0524. The Kier molecular flexibility index (Phi) is 9.83. The van der Waals surface area contributed by atoms with Gasteiger partial charge in [-0.15, -0.1) is 0 Å². The molecule has 0 atom stereocenters. The molecule has 0 saturated heterocycles. The molecule has 3 rings (SSSR count). The number of aryl methyl sites for hydroxylation is 1. The maximum atomic E-state index is 13.4. The third-order valence-electron chi connectivity index (χ3n) is 5.91. The van der Waals surface area contributed by atoms with Crippen LogP contribution in [0.4, 0.5) is 0 Å². The van der Waals surface area contributed by atoms with E-state index in [1.807, 2.05) is 62.6 Å². The van der Waals surface area contributed by atoms with Gasteiger partial charge < -0.3 is 14.5 Å². The van der Waals surface area contributed by atoms with Gasteiger partial charge in [-0.3, -0.25) is 4.79 Å². The summed E-state index contributed by atoms with van der Waals surface area (Å²) in [4.78, 5) is 17.7. The second-order valence-electron chi connectivity index (χ2n) is 9.52. The molecule has 0 aliphatic heterocycles. The van der Waals surface area contributed by atoms with E-state index in [2.05, 4.69) is 55.1 Å². The zero-order valence-electron chi connectivity index (χ0n) is 21.8. The molecule has 184 valence electrons. The molecule has 0 aliphatic rings. The summed E-state index contributed by atoms with van der Waals surface area (Å²) in [5.74, 6) is 0.590. The van der Waals surface area contributed by atoms with Crippen molar-refractivity contribution in [3.05, 3.63) is 95.1 Å². The minimum absolute atomic E-state index is 0.0524. The number of rotatable bonds is 12. The molecule has 3 aromatic carbocycles. The van der Waals surface area contributed by atoms with Crippen LogP contribution in [-0.2, 0) is 6.54 Å². The molecule has 35 heavy (non-hydrogen) atoms. The summed E-state index contributed by atoms with van der Waals surface area (Å²) in [5.41, 5.74) is 6.16. The summed E-state index contributed by atoms with van der Waals surface area (Å²) in [6.45, 7) is 4.52. The largest absolute Gasteiger partial charge is 0.493 e. The molecule has 0 amide bonds. The number of ketones is 1. The lowest BCUT2D eigenvalue weighted by molar-refractivity contribution is 0.104. The highest BCUT2D eigenvalue weighted by atomic mass is 16.5. The molecule has 0 saturated carbocycles. The Balaban J connectivity index is 1.88. The van der Waals surface area contributed by atoms with E-state index < -0.39 is 0 Å². The van der Waals surface area contributed by atoms with Crippen molar-refractivity contribution < 1.29 is 9.53 Å². The normalized spacial score (nSPS) is 11.5. The molecule has 0 unspecified atom stereocenters. The van der Waals surface area contributed by atoms with Gasteiger partial charge in [-0.25, -0.2) is 0 Å². The summed E-state index contributed by atoms with van der Waals surface area (Å²) in [6.07, 6.45) is 5.59. The highest BCUT2D eigenvalue weighted by Gasteiger charge is 2.14. The number of hydrogen-bond acceptors (Lipinski definition) is 4. The second-order valence-corrected chi connectivity index (χ2v) is 9.52. The van der Waals surface area contributed by atoms with E-state index in [1.165, 1.54) is 11.1 Å². The number of carbonyl (C=O) groups is 1. The molecule has 0 radical (unpaired) electrons. The van der Waals surface area contributed by atoms with Gasteiger partial charge in [-0.05, 0) is 101 Å². The summed E-state index contributed by atoms with van der Waals surface area (Å²) < 4.78 is 6.11. The fraction of sp³-hybridized carbons (Fsp3) is 0.323. The zero-order valence-corrected chi connectivity index (χ0v) is 21.8. The van der Waals surface area contributed by atoms with Crippen molar-refractivity contribution in [1.29, 1.82) is 0 Å². The summed E-state index contributed by atoms with van der Waals surface area (Å²) in [7, 11) is 8.24. The quantitative estimate of drug-likeness (QED) is 0.176. The van der Waals surface area contributed by atoms with Crippen LogP contribution in [0.1, 0.15) is 39.9 Å². The predicted octanol–water partition coefficient (Wildman–Crippen LogP) is 6.34. The molecule has 3 aromatic rings. The lowest BCUT2D eigenvalue weighted by atomic mass is 9.96. The lowest BCUT2D eigenvalue weighted by Gasteiger charge is -2.14. The van der Waals surface area contributed by atoms with Crippen molar-refractivity contribution in [3.63, 3.8) is 0 Å². The Bertz CT molecular complexity index is 1150. The summed E-state index contributed by atoms with van der Waals surface area (Å²) in [5, 5.41) is 0. The lowest BCUT2D eigenvalue weighted by Crippen LogP contribution is -2.14. The number of hydrogen-bond donors (Lipinski definition) is 0. The standard InChI is InChI=1S/C31H38N2O2/c1-24-12-6-9-15-28(24)26-17-19-31(35-21-11-10-20-32(2)3)29(22-26)30(34)18-16-25-13-7-8-14-27(25)23-33(4)5/h6-9,12-19,22H,10-11,20-21,23H2,1-5H3/b18-16+. The molecule has 0 aliphatic carbocycles. The molecule has 0 aromatic heterocycles. The average molecular weight is 471 g/mol. The third-order valence-corrected chi connectivity index (χ3v) is 5.91. The number of carbonyl (C=O) groups excluding carboxylic acids is 1. The second kappa shape index (κ2) is 13.0. The highest BCUT2D eigenvalue weighted by molar-refractivity contribution is 6.09. The van der Waals surface area contributed by atoms with Crippen molar-refractivity contribution in [1.82, 2.24) is 9.80 Å². The smallest absolute Gasteiger partial charge is 0.189 e. The van der Waals surface area contributed by atoms with Crippen LogP contribution >= 0.6 is 0 Å². The zero-order chi connectivity index (χ0) is 25.2. The van der Waals surface area contributed by atoms with Gasteiger partial charge in [-0.2, -0.15) is 0 Å². The van der Waals surface area contributed by atoms with Gasteiger partial charge in [-0.1, -0.05) is 60.7 Å². The Morgan fingerprint density at radius 3 is 2.37 bits per heavy atom. The van der Waals surface area contributed by atoms with E-state index in [0.717, 1.165) is 42.6 Å². The maximum absolute atomic E-state index is 13.4. The number of nitrogens with zero attached hydrogens (tertiary/aromatic N) is 2. The van der Waals surface area contributed by atoms with Gasteiger partial charge in [0.2, 0.25) is 0 Å². The van der Waals surface area contributed by atoms with E-state index >= 15 is 0 Å². The molecule has 0 heterocycles. The highest BCUT2D eigenvalue weighted by Crippen LogP contribution is 2.30. The van der Waals surface area contributed by atoms with Crippen LogP contribution in [0.15, 0.2) is 72.8 Å². The molecular formula is C31H38N2O2. The summed E-state index contributed by atoms with van der Waals surface area (Å²) >= 11 is 0. The van der Waals surface area contributed by atoms with Crippen molar-refractivity contribution >= 4 is 11.9 Å². The summed E-state index contributed by atoms with van der Waals surface area (Å²) in [6, 6.07) is 22.4. The van der Waals surface area contributed by atoms with E-state index in [0.29, 0.717) is 17.9 Å². The van der Waals surface area contributed by atoms with E-state index in [-0.39, 0.29) is 5.78 Å². The van der Waals surface area contributed by atoms with Crippen LogP contribution in [0, 0.1) is 6.92 Å². The van der Waals surface area contributed by atoms with Crippen LogP contribution in [-0.4, -0.2) is 56.9 Å². The maximum Gasteiger partial charge on any atom is 0.189 e. The first-order valence-electron chi connectivity index (χ1n) is 12.3. The Morgan fingerprint density at radius 1 is 0.886 bits per heavy atom. The van der Waals surface area contributed by atoms with Gasteiger partial charge in [0.05, 0.1) is 12.2 Å². The fourth-order valence-electron chi connectivity index (χ4n) is 4.06. The van der Waals surface area contributed by atoms with Crippen LogP contribution in [0.25, 0.3) is 17.2 Å². The van der Waals surface area contributed by atoms with Gasteiger partial charge in [0.15, 0.2) is 5.78 Å². The molecule has 0 N–H and O–H groups in total. The molecule has 0 bridgehead atoms. The van der Waals surface area contributed by atoms with Crippen LogP contribution in [0.5, 0.6) is 5.75 Å². The van der Waals surface area contributed by atoms with Gasteiger partial charge in [0.25, 0.3) is 0 Å². The molecular weight excluding hydrogens is 432 g/mol. The Morgan fingerprint density at radius 2 is 1.63 bits per heavy atom. The Hall–Kier alpha value is -3.21.